The molecule has 1 aromatic rings. The lowest BCUT2D eigenvalue weighted by Crippen LogP contribution is -2.31. The van der Waals surface area contributed by atoms with Crippen LogP contribution in [0.3, 0.4) is 0 Å². The summed E-state index contributed by atoms with van der Waals surface area (Å²) in [5, 5.41) is 12.2. The van der Waals surface area contributed by atoms with Crippen molar-refractivity contribution in [2.75, 3.05) is 0 Å². The third kappa shape index (κ3) is 2.15. The molecule has 0 atom stereocenters. The zero-order chi connectivity index (χ0) is 9.97. The van der Waals surface area contributed by atoms with Crippen molar-refractivity contribution in [2.45, 2.75) is 38.8 Å². The predicted octanol–water partition coefficient (Wildman–Crippen LogP) is 3.10. The highest BCUT2D eigenvalue weighted by Crippen LogP contribution is 2.29. The van der Waals surface area contributed by atoms with E-state index in [1.165, 1.54) is 18.4 Å². The second-order valence-corrected chi connectivity index (χ2v) is 4.57. The maximum Gasteiger partial charge on any atom is 0.0960 e. The SMILES string of the molecule is CCC(=N)N(Cc1ccsc1)C1CC1. The quantitative estimate of drug-likeness (QED) is 0.597. The smallest absolute Gasteiger partial charge is 0.0960 e. The third-order valence-electron chi connectivity index (χ3n) is 2.60. The van der Waals surface area contributed by atoms with Gasteiger partial charge < -0.3 is 4.90 Å². The first-order chi connectivity index (χ1) is 6.81. The normalized spacial score (nSPS) is 15.5. The first-order valence-corrected chi connectivity index (χ1v) is 6.10. The summed E-state index contributed by atoms with van der Waals surface area (Å²) in [6.45, 7) is 2.99. The first-order valence-electron chi connectivity index (χ1n) is 5.16. The number of hydrogen-bond acceptors (Lipinski definition) is 2. The molecule has 3 heteroatoms. The van der Waals surface area contributed by atoms with Gasteiger partial charge in [0.1, 0.15) is 0 Å². The molecule has 1 aliphatic carbocycles. The van der Waals surface area contributed by atoms with Crippen molar-refractivity contribution in [1.29, 1.82) is 5.41 Å². The molecule has 1 heterocycles. The second kappa shape index (κ2) is 4.13. The topological polar surface area (TPSA) is 27.1 Å². The number of nitrogens with zero attached hydrogens (tertiary/aromatic N) is 1. The Kier molecular flexibility index (Phi) is 2.87. The predicted molar refractivity (Wildman–Crippen MR) is 60.9 cm³/mol. The van der Waals surface area contributed by atoms with Crippen LogP contribution in [0, 0.1) is 5.41 Å². The average molecular weight is 208 g/mol. The molecular formula is C11H16N2S. The lowest BCUT2D eigenvalue weighted by atomic mass is 10.2. The Labute approximate surface area is 89.1 Å². The minimum absolute atomic E-state index is 0.655. The van der Waals surface area contributed by atoms with Gasteiger partial charge in [0, 0.05) is 19.0 Å². The molecule has 0 aliphatic heterocycles. The van der Waals surface area contributed by atoms with Crippen molar-refractivity contribution in [3.8, 4) is 0 Å². The highest BCUT2D eigenvalue weighted by molar-refractivity contribution is 7.07. The molecule has 1 aliphatic rings. The van der Waals surface area contributed by atoms with Gasteiger partial charge in [0.2, 0.25) is 0 Å². The molecule has 1 N–H and O–H groups in total. The second-order valence-electron chi connectivity index (χ2n) is 3.79. The van der Waals surface area contributed by atoms with E-state index < -0.39 is 0 Å². The minimum Gasteiger partial charge on any atom is -0.353 e. The van der Waals surface area contributed by atoms with Gasteiger partial charge in [0.05, 0.1) is 5.84 Å². The summed E-state index contributed by atoms with van der Waals surface area (Å²) >= 11 is 1.74. The maximum absolute atomic E-state index is 7.90. The first kappa shape index (κ1) is 9.71. The zero-order valence-corrected chi connectivity index (χ0v) is 9.31. The number of thiophene rings is 1. The molecule has 2 nitrogen and oxygen atoms in total. The zero-order valence-electron chi connectivity index (χ0n) is 8.49. The molecule has 0 saturated heterocycles. The highest BCUT2D eigenvalue weighted by atomic mass is 32.1. The fraction of sp³-hybridized carbons (Fsp3) is 0.545. The average Bonchev–Trinajstić information content (AvgIpc) is 2.92. The summed E-state index contributed by atoms with van der Waals surface area (Å²) in [5.41, 5.74) is 1.35. The van der Waals surface area contributed by atoms with Gasteiger partial charge in [0.25, 0.3) is 0 Å². The van der Waals surface area contributed by atoms with Crippen LogP contribution >= 0.6 is 11.3 Å². The van der Waals surface area contributed by atoms with Gasteiger partial charge in [-0.15, -0.1) is 0 Å². The van der Waals surface area contributed by atoms with E-state index in [1.54, 1.807) is 11.3 Å². The monoisotopic (exact) mass is 208 g/mol. The van der Waals surface area contributed by atoms with E-state index in [9.17, 15) is 0 Å². The summed E-state index contributed by atoms with van der Waals surface area (Å²) in [5.74, 6) is 0.790. The fourth-order valence-electron chi connectivity index (χ4n) is 1.61. The largest absolute Gasteiger partial charge is 0.353 e. The fourth-order valence-corrected chi connectivity index (χ4v) is 2.27. The molecule has 0 unspecified atom stereocenters. The van der Waals surface area contributed by atoms with E-state index in [0.29, 0.717) is 6.04 Å². The summed E-state index contributed by atoms with van der Waals surface area (Å²) in [6, 6.07) is 2.81. The summed E-state index contributed by atoms with van der Waals surface area (Å²) < 4.78 is 0. The van der Waals surface area contributed by atoms with E-state index in [4.69, 9.17) is 5.41 Å². The van der Waals surface area contributed by atoms with Gasteiger partial charge in [-0.25, -0.2) is 0 Å². The Morgan fingerprint density at radius 3 is 2.93 bits per heavy atom. The molecule has 0 aromatic carbocycles. The van der Waals surface area contributed by atoms with Crippen LogP contribution in [0.15, 0.2) is 16.8 Å². The molecule has 0 amide bonds. The minimum atomic E-state index is 0.655. The molecule has 76 valence electrons. The maximum atomic E-state index is 7.90. The van der Waals surface area contributed by atoms with E-state index in [2.05, 4.69) is 28.7 Å². The lowest BCUT2D eigenvalue weighted by molar-refractivity contribution is 0.393. The molecular weight excluding hydrogens is 192 g/mol. The highest BCUT2D eigenvalue weighted by Gasteiger charge is 2.30. The molecule has 0 spiro atoms. The van der Waals surface area contributed by atoms with Crippen LogP contribution < -0.4 is 0 Å². The van der Waals surface area contributed by atoms with E-state index in [1.807, 2.05) is 0 Å². The van der Waals surface area contributed by atoms with Crippen molar-refractivity contribution in [2.24, 2.45) is 0 Å². The van der Waals surface area contributed by atoms with Crippen LogP contribution in [0.5, 0.6) is 0 Å². The van der Waals surface area contributed by atoms with E-state index >= 15 is 0 Å². The van der Waals surface area contributed by atoms with Crippen LogP contribution in [-0.2, 0) is 6.54 Å². The van der Waals surface area contributed by atoms with Crippen molar-refractivity contribution < 1.29 is 0 Å². The number of amidine groups is 1. The summed E-state index contributed by atoms with van der Waals surface area (Å²) in [6.07, 6.45) is 3.39. The van der Waals surface area contributed by atoms with Crippen molar-refractivity contribution in [3.63, 3.8) is 0 Å². The molecule has 2 rings (SSSR count). The van der Waals surface area contributed by atoms with Crippen LogP contribution in [0.1, 0.15) is 31.7 Å². The van der Waals surface area contributed by atoms with Crippen molar-refractivity contribution in [1.82, 2.24) is 4.90 Å². The van der Waals surface area contributed by atoms with Gasteiger partial charge >= 0.3 is 0 Å². The standard InChI is InChI=1S/C11H16N2S/c1-2-11(12)13(10-3-4-10)7-9-5-6-14-8-9/h5-6,8,10,12H,2-4,7H2,1H3. The van der Waals surface area contributed by atoms with E-state index in [0.717, 1.165) is 18.8 Å². The Balaban J connectivity index is 2.00. The third-order valence-corrected chi connectivity index (χ3v) is 3.33. The summed E-state index contributed by atoms with van der Waals surface area (Å²) in [7, 11) is 0. The molecule has 1 fully saturated rings. The Morgan fingerprint density at radius 2 is 2.43 bits per heavy atom. The number of rotatable bonds is 4. The molecule has 0 radical (unpaired) electrons. The van der Waals surface area contributed by atoms with Gasteiger partial charge in [-0.2, -0.15) is 11.3 Å². The molecule has 1 saturated carbocycles. The Bertz CT molecular complexity index is 301. The van der Waals surface area contributed by atoms with Gasteiger partial charge in [-0.1, -0.05) is 6.92 Å². The van der Waals surface area contributed by atoms with Crippen LogP contribution in [0.4, 0.5) is 0 Å². The molecule has 14 heavy (non-hydrogen) atoms. The number of hydrogen-bond donors (Lipinski definition) is 1. The Hall–Kier alpha value is -0.830. The lowest BCUT2D eigenvalue weighted by Gasteiger charge is -2.23. The van der Waals surface area contributed by atoms with Gasteiger partial charge in [0.15, 0.2) is 0 Å². The molecule has 0 bridgehead atoms. The van der Waals surface area contributed by atoms with E-state index in [-0.39, 0.29) is 0 Å². The van der Waals surface area contributed by atoms with Crippen molar-refractivity contribution in [3.05, 3.63) is 22.4 Å². The number of nitrogens with one attached hydrogen (secondary N) is 1. The summed E-state index contributed by atoms with van der Waals surface area (Å²) in [4.78, 5) is 2.25. The van der Waals surface area contributed by atoms with Crippen LogP contribution in [-0.4, -0.2) is 16.8 Å². The van der Waals surface area contributed by atoms with Crippen LogP contribution in [0.25, 0.3) is 0 Å². The molecule has 1 aromatic heterocycles. The van der Waals surface area contributed by atoms with Crippen molar-refractivity contribution >= 4 is 17.2 Å². The van der Waals surface area contributed by atoms with Crippen LogP contribution in [0.2, 0.25) is 0 Å². The van der Waals surface area contributed by atoms with Gasteiger partial charge in [-0.05, 0) is 35.2 Å². The van der Waals surface area contributed by atoms with Gasteiger partial charge in [-0.3, -0.25) is 5.41 Å². The Morgan fingerprint density at radius 1 is 1.64 bits per heavy atom.